The van der Waals surface area contributed by atoms with Gasteiger partial charge in [0.1, 0.15) is 6.10 Å². The van der Waals surface area contributed by atoms with Gasteiger partial charge in [-0.1, -0.05) is 12.1 Å². The summed E-state index contributed by atoms with van der Waals surface area (Å²) in [6, 6.07) is 7.17. The maximum atomic E-state index is 9.92. The number of hydrogen-bond acceptors (Lipinski definition) is 4. The number of nitriles is 1. The topological polar surface area (TPSA) is 76.3 Å². The lowest BCUT2D eigenvalue weighted by atomic mass is 9.96. The van der Waals surface area contributed by atoms with E-state index in [0.29, 0.717) is 23.2 Å². The van der Waals surface area contributed by atoms with Gasteiger partial charge in [-0.05, 0) is 31.2 Å². The van der Waals surface area contributed by atoms with Crippen molar-refractivity contribution in [2.24, 2.45) is 0 Å². The van der Waals surface area contributed by atoms with Crippen LogP contribution in [0.15, 0.2) is 18.2 Å². The minimum absolute atomic E-state index is 0.303. The molecule has 0 saturated heterocycles. The highest BCUT2D eigenvalue weighted by Crippen LogP contribution is 2.22. The summed E-state index contributed by atoms with van der Waals surface area (Å²) in [5.74, 6) is 0. The monoisotopic (exact) mass is 220 g/mol. The Morgan fingerprint density at radius 3 is 2.69 bits per heavy atom. The molecule has 1 aromatic carbocycles. The van der Waals surface area contributed by atoms with Gasteiger partial charge in [0.15, 0.2) is 0 Å². The number of nitrogens with one attached hydrogen (secondary N) is 1. The maximum absolute atomic E-state index is 9.92. The SMILES string of the molecule is CNCC(O)C(O)c1cccc(C#N)c1C. The third-order valence-electron chi connectivity index (χ3n) is 2.59. The van der Waals surface area contributed by atoms with Gasteiger partial charge < -0.3 is 15.5 Å². The van der Waals surface area contributed by atoms with E-state index in [2.05, 4.69) is 11.4 Å². The van der Waals surface area contributed by atoms with Crippen molar-refractivity contribution >= 4 is 0 Å². The first-order valence-electron chi connectivity index (χ1n) is 5.12. The summed E-state index contributed by atoms with van der Waals surface area (Å²) in [6.45, 7) is 2.07. The molecule has 0 fully saturated rings. The summed E-state index contributed by atoms with van der Waals surface area (Å²) >= 11 is 0. The van der Waals surface area contributed by atoms with Crippen LogP contribution in [0.3, 0.4) is 0 Å². The lowest BCUT2D eigenvalue weighted by Crippen LogP contribution is -2.30. The van der Waals surface area contributed by atoms with Crippen molar-refractivity contribution in [3.63, 3.8) is 0 Å². The maximum Gasteiger partial charge on any atom is 0.106 e. The molecule has 0 aliphatic carbocycles. The van der Waals surface area contributed by atoms with E-state index < -0.39 is 12.2 Å². The zero-order valence-electron chi connectivity index (χ0n) is 9.44. The van der Waals surface area contributed by atoms with Gasteiger partial charge in [-0.2, -0.15) is 5.26 Å². The van der Waals surface area contributed by atoms with Gasteiger partial charge in [-0.15, -0.1) is 0 Å². The third-order valence-corrected chi connectivity index (χ3v) is 2.59. The smallest absolute Gasteiger partial charge is 0.106 e. The molecule has 0 aromatic heterocycles. The molecule has 0 aliphatic rings. The van der Waals surface area contributed by atoms with Crippen LogP contribution < -0.4 is 5.32 Å². The molecule has 0 bridgehead atoms. The summed E-state index contributed by atoms with van der Waals surface area (Å²) in [5.41, 5.74) is 1.84. The summed E-state index contributed by atoms with van der Waals surface area (Å²) in [5, 5.41) is 31.2. The highest BCUT2D eigenvalue weighted by Gasteiger charge is 2.20. The van der Waals surface area contributed by atoms with E-state index >= 15 is 0 Å². The Hall–Kier alpha value is -1.41. The molecule has 4 nitrogen and oxygen atoms in total. The van der Waals surface area contributed by atoms with E-state index in [1.54, 1.807) is 32.2 Å². The first-order chi connectivity index (χ1) is 7.61. The average molecular weight is 220 g/mol. The zero-order valence-corrected chi connectivity index (χ0v) is 9.44. The van der Waals surface area contributed by atoms with Crippen LogP contribution in [0.5, 0.6) is 0 Å². The van der Waals surface area contributed by atoms with Crippen molar-refractivity contribution in [2.45, 2.75) is 19.1 Å². The predicted molar refractivity (Wildman–Crippen MR) is 60.8 cm³/mol. The molecule has 3 N–H and O–H groups in total. The molecule has 86 valence electrons. The second-order valence-corrected chi connectivity index (χ2v) is 3.70. The second-order valence-electron chi connectivity index (χ2n) is 3.70. The average Bonchev–Trinajstić information content (AvgIpc) is 2.29. The van der Waals surface area contributed by atoms with Crippen molar-refractivity contribution in [1.82, 2.24) is 5.32 Å². The number of likely N-dealkylation sites (N-methyl/N-ethyl adjacent to an activating group) is 1. The lowest BCUT2D eigenvalue weighted by molar-refractivity contribution is 0.0198. The normalized spacial score (nSPS) is 14.2. The molecule has 16 heavy (non-hydrogen) atoms. The third kappa shape index (κ3) is 2.58. The Bertz CT molecular complexity index is 398. The molecule has 0 saturated carbocycles. The number of rotatable bonds is 4. The van der Waals surface area contributed by atoms with Gasteiger partial charge in [0.2, 0.25) is 0 Å². The first-order valence-corrected chi connectivity index (χ1v) is 5.12. The van der Waals surface area contributed by atoms with Crippen LogP contribution >= 0.6 is 0 Å². The minimum atomic E-state index is -0.972. The van der Waals surface area contributed by atoms with Gasteiger partial charge in [0.05, 0.1) is 17.7 Å². The lowest BCUT2D eigenvalue weighted by Gasteiger charge is -2.19. The fourth-order valence-electron chi connectivity index (χ4n) is 1.62. The number of hydrogen-bond donors (Lipinski definition) is 3. The van der Waals surface area contributed by atoms with E-state index in [0.717, 1.165) is 0 Å². The number of nitrogens with zero attached hydrogens (tertiary/aromatic N) is 1. The number of aliphatic hydroxyl groups is 2. The zero-order chi connectivity index (χ0) is 12.1. The van der Waals surface area contributed by atoms with Gasteiger partial charge in [-0.3, -0.25) is 0 Å². The van der Waals surface area contributed by atoms with E-state index in [4.69, 9.17) is 5.26 Å². The van der Waals surface area contributed by atoms with Crippen molar-refractivity contribution in [2.75, 3.05) is 13.6 Å². The van der Waals surface area contributed by atoms with Crippen LogP contribution in [0.1, 0.15) is 22.8 Å². The standard InChI is InChI=1S/C12H16N2O2/c1-8-9(6-13)4-3-5-10(8)12(16)11(15)7-14-2/h3-5,11-12,14-16H,7H2,1-2H3. The van der Waals surface area contributed by atoms with E-state index in [1.807, 2.05) is 0 Å². The molecule has 0 spiro atoms. The van der Waals surface area contributed by atoms with Gasteiger partial charge in [0, 0.05) is 6.54 Å². The van der Waals surface area contributed by atoms with Crippen molar-refractivity contribution < 1.29 is 10.2 Å². The Balaban J connectivity index is 3.00. The van der Waals surface area contributed by atoms with Crippen LogP contribution in [0.25, 0.3) is 0 Å². The highest BCUT2D eigenvalue weighted by molar-refractivity contribution is 5.43. The van der Waals surface area contributed by atoms with Crippen molar-refractivity contribution in [1.29, 1.82) is 5.26 Å². The Morgan fingerprint density at radius 1 is 1.44 bits per heavy atom. The Morgan fingerprint density at radius 2 is 2.12 bits per heavy atom. The number of aliphatic hydroxyl groups excluding tert-OH is 2. The van der Waals surface area contributed by atoms with E-state index in [1.165, 1.54) is 0 Å². The molecule has 0 amide bonds. The molecule has 2 atom stereocenters. The molecular weight excluding hydrogens is 204 g/mol. The molecule has 2 unspecified atom stereocenters. The largest absolute Gasteiger partial charge is 0.389 e. The molecule has 1 rings (SSSR count). The van der Waals surface area contributed by atoms with Crippen molar-refractivity contribution in [3.05, 3.63) is 34.9 Å². The van der Waals surface area contributed by atoms with Crippen molar-refractivity contribution in [3.8, 4) is 6.07 Å². The summed E-state index contributed by atoms with van der Waals surface area (Å²) in [6.07, 6.45) is -1.85. The Labute approximate surface area is 95.2 Å². The van der Waals surface area contributed by atoms with Crippen LogP contribution in [0.2, 0.25) is 0 Å². The molecular formula is C12H16N2O2. The summed E-state index contributed by atoms with van der Waals surface area (Å²) in [4.78, 5) is 0. The number of benzene rings is 1. The minimum Gasteiger partial charge on any atom is -0.389 e. The quantitative estimate of drug-likeness (QED) is 0.690. The molecule has 0 aliphatic heterocycles. The summed E-state index contributed by atoms with van der Waals surface area (Å²) < 4.78 is 0. The van der Waals surface area contributed by atoms with Crippen LogP contribution in [-0.4, -0.2) is 29.9 Å². The van der Waals surface area contributed by atoms with E-state index in [-0.39, 0.29) is 0 Å². The van der Waals surface area contributed by atoms with Gasteiger partial charge in [-0.25, -0.2) is 0 Å². The molecule has 1 aromatic rings. The molecule has 0 radical (unpaired) electrons. The second kappa shape index (κ2) is 5.61. The Kier molecular flexibility index (Phi) is 4.44. The first kappa shape index (κ1) is 12.7. The van der Waals surface area contributed by atoms with Crippen LogP contribution in [0, 0.1) is 18.3 Å². The van der Waals surface area contributed by atoms with Gasteiger partial charge >= 0.3 is 0 Å². The van der Waals surface area contributed by atoms with Crippen LogP contribution in [-0.2, 0) is 0 Å². The van der Waals surface area contributed by atoms with E-state index in [9.17, 15) is 10.2 Å². The summed E-state index contributed by atoms with van der Waals surface area (Å²) in [7, 11) is 1.70. The molecule has 0 heterocycles. The fourth-order valence-corrected chi connectivity index (χ4v) is 1.62. The predicted octanol–water partition coefficient (Wildman–Crippen LogP) is 0.480. The van der Waals surface area contributed by atoms with Crippen LogP contribution in [0.4, 0.5) is 0 Å². The molecule has 4 heteroatoms. The highest BCUT2D eigenvalue weighted by atomic mass is 16.3. The fraction of sp³-hybridized carbons (Fsp3) is 0.417. The van der Waals surface area contributed by atoms with Gasteiger partial charge in [0.25, 0.3) is 0 Å².